The first kappa shape index (κ1) is 16.7. The number of rotatable bonds is 2. The second kappa shape index (κ2) is 6.05. The molecule has 1 unspecified atom stereocenters. The van der Waals surface area contributed by atoms with Gasteiger partial charge in [0.1, 0.15) is 6.04 Å². The minimum atomic E-state index is -0.834. The van der Waals surface area contributed by atoms with E-state index in [1.54, 1.807) is 36.1 Å². The highest BCUT2D eigenvalue weighted by molar-refractivity contribution is 6.22. The Hall–Kier alpha value is -3.41. The molecule has 0 radical (unpaired) electrons. The third-order valence-corrected chi connectivity index (χ3v) is 5.76. The van der Waals surface area contributed by atoms with E-state index in [0.717, 1.165) is 33.5 Å². The molecule has 0 fully saturated rings. The van der Waals surface area contributed by atoms with Gasteiger partial charge >= 0.3 is 0 Å². The second-order valence-electron chi connectivity index (χ2n) is 7.34. The summed E-state index contributed by atoms with van der Waals surface area (Å²) in [5.74, 6) is -0.997. The van der Waals surface area contributed by atoms with E-state index in [9.17, 15) is 14.4 Å². The first-order valence-electron chi connectivity index (χ1n) is 9.40. The number of fused-ring (bicyclic) bond motifs is 4. The summed E-state index contributed by atoms with van der Waals surface area (Å²) in [6.45, 7) is 2.67. The molecule has 0 bridgehead atoms. The van der Waals surface area contributed by atoms with Crippen LogP contribution in [0.1, 0.15) is 38.9 Å². The largest absolute Gasteiger partial charge is 0.358 e. The Morgan fingerprint density at radius 2 is 1.64 bits per heavy atom. The minimum absolute atomic E-state index is 0.203. The Bertz CT molecular complexity index is 1110. The van der Waals surface area contributed by atoms with Gasteiger partial charge in [0.25, 0.3) is 11.8 Å². The highest BCUT2D eigenvalue weighted by Gasteiger charge is 2.42. The highest BCUT2D eigenvalue weighted by Crippen LogP contribution is 2.29. The molecule has 3 aromatic rings. The van der Waals surface area contributed by atoms with E-state index in [2.05, 4.69) is 4.98 Å². The summed E-state index contributed by atoms with van der Waals surface area (Å²) >= 11 is 0. The van der Waals surface area contributed by atoms with Crippen LogP contribution in [-0.2, 0) is 17.8 Å². The highest BCUT2D eigenvalue weighted by atomic mass is 16.2. The van der Waals surface area contributed by atoms with Crippen LogP contribution in [-0.4, -0.2) is 45.1 Å². The third kappa shape index (κ3) is 2.30. The van der Waals surface area contributed by atoms with Gasteiger partial charge in [0.15, 0.2) is 0 Å². The number of amides is 3. The predicted octanol–water partition coefficient (Wildman–Crippen LogP) is 2.74. The van der Waals surface area contributed by atoms with Crippen molar-refractivity contribution in [2.75, 3.05) is 6.54 Å². The van der Waals surface area contributed by atoms with E-state index < -0.39 is 17.9 Å². The van der Waals surface area contributed by atoms with Crippen LogP contribution < -0.4 is 0 Å². The molecule has 3 heterocycles. The first-order valence-corrected chi connectivity index (χ1v) is 9.40. The van der Waals surface area contributed by atoms with E-state index in [-0.39, 0.29) is 5.91 Å². The summed E-state index contributed by atoms with van der Waals surface area (Å²) in [7, 11) is 0. The van der Waals surface area contributed by atoms with Crippen LogP contribution in [0.4, 0.5) is 0 Å². The second-order valence-corrected chi connectivity index (χ2v) is 7.34. The van der Waals surface area contributed by atoms with Crippen LogP contribution in [0.3, 0.4) is 0 Å². The Kier molecular flexibility index (Phi) is 3.62. The molecular weight excluding hydrogens is 354 g/mol. The third-order valence-electron chi connectivity index (χ3n) is 5.76. The van der Waals surface area contributed by atoms with Gasteiger partial charge in [0.2, 0.25) is 5.91 Å². The van der Waals surface area contributed by atoms with Crippen molar-refractivity contribution in [2.24, 2.45) is 0 Å². The molecule has 140 valence electrons. The van der Waals surface area contributed by atoms with Crippen molar-refractivity contribution < 1.29 is 14.4 Å². The Balaban J connectivity index is 1.42. The van der Waals surface area contributed by atoms with E-state index in [4.69, 9.17) is 0 Å². The lowest BCUT2D eigenvalue weighted by Crippen LogP contribution is -2.50. The number of H-pyrrole nitrogens is 1. The van der Waals surface area contributed by atoms with Crippen LogP contribution in [0.25, 0.3) is 10.9 Å². The number of para-hydroxylation sites is 1. The molecule has 1 aromatic heterocycles. The predicted molar refractivity (Wildman–Crippen MR) is 104 cm³/mol. The Labute approximate surface area is 161 Å². The average molecular weight is 373 g/mol. The van der Waals surface area contributed by atoms with Crippen molar-refractivity contribution in [2.45, 2.75) is 25.9 Å². The topological polar surface area (TPSA) is 73.5 Å². The number of hydrogen-bond acceptors (Lipinski definition) is 3. The number of aromatic nitrogens is 1. The SMILES string of the molecule is CC(C(=O)N1CCc2[nH]c3ccccc3c2C1)N1C(=O)c2ccccc2C1=O. The summed E-state index contributed by atoms with van der Waals surface area (Å²) in [5.41, 5.74) is 4.06. The van der Waals surface area contributed by atoms with Gasteiger partial charge in [-0.2, -0.15) is 0 Å². The van der Waals surface area contributed by atoms with Gasteiger partial charge in [0, 0.05) is 41.7 Å². The summed E-state index contributed by atoms with van der Waals surface area (Å²) in [5, 5.41) is 1.11. The maximum absolute atomic E-state index is 13.2. The van der Waals surface area contributed by atoms with E-state index in [0.29, 0.717) is 24.2 Å². The van der Waals surface area contributed by atoms with E-state index in [1.165, 1.54) is 0 Å². The van der Waals surface area contributed by atoms with Crippen molar-refractivity contribution in [1.82, 2.24) is 14.8 Å². The van der Waals surface area contributed by atoms with Crippen molar-refractivity contribution in [3.63, 3.8) is 0 Å². The number of aromatic amines is 1. The lowest BCUT2D eigenvalue weighted by molar-refractivity contribution is -0.135. The maximum atomic E-state index is 13.2. The molecule has 2 aromatic carbocycles. The molecule has 0 saturated heterocycles. The molecular formula is C22H19N3O3. The number of hydrogen-bond donors (Lipinski definition) is 1. The van der Waals surface area contributed by atoms with Gasteiger partial charge in [-0.05, 0) is 25.1 Å². The van der Waals surface area contributed by atoms with Crippen LogP contribution >= 0.6 is 0 Å². The van der Waals surface area contributed by atoms with E-state index >= 15 is 0 Å². The van der Waals surface area contributed by atoms with Crippen LogP contribution in [0.2, 0.25) is 0 Å². The van der Waals surface area contributed by atoms with Gasteiger partial charge in [0.05, 0.1) is 11.1 Å². The van der Waals surface area contributed by atoms with Crippen LogP contribution in [0, 0.1) is 0 Å². The zero-order valence-electron chi connectivity index (χ0n) is 15.4. The zero-order chi connectivity index (χ0) is 19.4. The van der Waals surface area contributed by atoms with Gasteiger partial charge in [-0.15, -0.1) is 0 Å². The van der Waals surface area contributed by atoms with Crippen LogP contribution in [0.5, 0.6) is 0 Å². The summed E-state index contributed by atoms with van der Waals surface area (Å²) in [4.78, 5) is 44.8. The fourth-order valence-corrected chi connectivity index (χ4v) is 4.29. The standard InChI is InChI=1S/C22H19N3O3/c1-13(25-21(27)15-7-2-3-8-16(15)22(25)28)20(26)24-11-10-19-17(12-24)14-6-4-5-9-18(14)23-19/h2-9,13,23H,10-12H2,1H3. The summed E-state index contributed by atoms with van der Waals surface area (Å²) in [6.07, 6.45) is 0.727. The molecule has 6 nitrogen and oxygen atoms in total. The molecule has 2 aliphatic rings. The smallest absolute Gasteiger partial charge is 0.262 e. The van der Waals surface area contributed by atoms with Crippen molar-refractivity contribution in [3.8, 4) is 0 Å². The molecule has 0 spiro atoms. The number of imide groups is 1. The number of carbonyl (C=O) groups is 3. The molecule has 0 saturated carbocycles. The molecule has 1 atom stereocenters. The quantitative estimate of drug-likeness (QED) is 0.702. The lowest BCUT2D eigenvalue weighted by atomic mass is 10.0. The van der Waals surface area contributed by atoms with E-state index in [1.807, 2.05) is 24.3 Å². The summed E-state index contributed by atoms with van der Waals surface area (Å²) in [6, 6.07) is 13.9. The molecule has 3 amide bonds. The van der Waals surface area contributed by atoms with Crippen molar-refractivity contribution in [1.29, 1.82) is 0 Å². The van der Waals surface area contributed by atoms with Crippen molar-refractivity contribution in [3.05, 3.63) is 70.9 Å². The molecule has 1 N–H and O–H groups in total. The van der Waals surface area contributed by atoms with Crippen LogP contribution in [0.15, 0.2) is 48.5 Å². The number of carbonyl (C=O) groups excluding carboxylic acids is 3. The molecule has 5 rings (SSSR count). The molecule has 2 aliphatic heterocycles. The molecule has 6 heteroatoms. The number of nitrogens with zero attached hydrogens (tertiary/aromatic N) is 2. The fourth-order valence-electron chi connectivity index (χ4n) is 4.29. The lowest BCUT2D eigenvalue weighted by Gasteiger charge is -2.32. The normalized spacial score (nSPS) is 17.0. The zero-order valence-corrected chi connectivity index (χ0v) is 15.4. The maximum Gasteiger partial charge on any atom is 0.262 e. The van der Waals surface area contributed by atoms with Gasteiger partial charge < -0.3 is 9.88 Å². The monoisotopic (exact) mass is 373 g/mol. The minimum Gasteiger partial charge on any atom is -0.358 e. The Morgan fingerprint density at radius 1 is 1.00 bits per heavy atom. The Morgan fingerprint density at radius 3 is 2.36 bits per heavy atom. The molecule has 28 heavy (non-hydrogen) atoms. The fraction of sp³-hybridized carbons (Fsp3) is 0.227. The van der Waals surface area contributed by atoms with Gasteiger partial charge in [-0.25, -0.2) is 0 Å². The average Bonchev–Trinajstić information content (AvgIpc) is 3.22. The number of benzene rings is 2. The van der Waals surface area contributed by atoms with Gasteiger partial charge in [-0.1, -0.05) is 30.3 Å². The molecule has 0 aliphatic carbocycles. The van der Waals surface area contributed by atoms with Crippen molar-refractivity contribution >= 4 is 28.6 Å². The first-order chi connectivity index (χ1) is 13.6. The number of nitrogens with one attached hydrogen (secondary N) is 1. The van der Waals surface area contributed by atoms with Gasteiger partial charge in [-0.3, -0.25) is 19.3 Å². The summed E-state index contributed by atoms with van der Waals surface area (Å²) < 4.78 is 0.